The molecule has 0 heterocycles. The highest BCUT2D eigenvalue weighted by molar-refractivity contribution is 9.10. The Hall–Kier alpha value is -2.40. The van der Waals surface area contributed by atoms with E-state index in [2.05, 4.69) is 15.9 Å². The molecule has 0 saturated heterocycles. The number of rotatable bonds is 6. The first kappa shape index (κ1) is 16.0. The van der Waals surface area contributed by atoms with Crippen LogP contribution in [0.5, 0.6) is 5.75 Å². The van der Waals surface area contributed by atoms with Crippen LogP contribution in [0.3, 0.4) is 0 Å². The fraction of sp³-hybridized carbons (Fsp3) is 0.0588. The molecule has 0 atom stereocenters. The van der Waals surface area contributed by atoms with Crippen molar-refractivity contribution in [2.45, 2.75) is 0 Å². The van der Waals surface area contributed by atoms with E-state index in [0.29, 0.717) is 11.3 Å². The van der Waals surface area contributed by atoms with Crippen LogP contribution in [-0.4, -0.2) is 18.4 Å². The number of carbonyl (C=O) groups excluding carboxylic acids is 2. The van der Waals surface area contributed by atoms with E-state index in [9.17, 15) is 14.7 Å². The van der Waals surface area contributed by atoms with Gasteiger partial charge in [-0.2, -0.15) is 0 Å². The lowest BCUT2D eigenvalue weighted by molar-refractivity contribution is -0.307. The van der Waals surface area contributed by atoms with Crippen molar-refractivity contribution < 1.29 is 19.4 Å². The average molecular weight is 360 g/mol. The molecule has 0 radical (unpaired) electrons. The van der Waals surface area contributed by atoms with Gasteiger partial charge in [0.15, 0.2) is 5.78 Å². The molecule has 0 aliphatic rings. The third-order valence-electron chi connectivity index (χ3n) is 2.77. The molecule has 0 bridgehead atoms. The van der Waals surface area contributed by atoms with Gasteiger partial charge in [-0.25, -0.2) is 0 Å². The van der Waals surface area contributed by atoms with Crippen LogP contribution in [0, 0.1) is 0 Å². The molecular formula is C17H12BrO4-. The Bertz CT molecular complexity index is 705. The molecule has 0 fully saturated rings. The molecule has 2 aromatic rings. The van der Waals surface area contributed by atoms with Crippen molar-refractivity contribution in [3.05, 3.63) is 70.2 Å². The topological polar surface area (TPSA) is 66.4 Å². The maximum Gasteiger partial charge on any atom is 0.185 e. The minimum atomic E-state index is -1.29. The molecule has 2 rings (SSSR count). The lowest BCUT2D eigenvalue weighted by atomic mass is 10.1. The highest BCUT2D eigenvalue weighted by atomic mass is 79.9. The molecule has 0 aliphatic heterocycles. The first-order valence-electron chi connectivity index (χ1n) is 6.45. The summed E-state index contributed by atoms with van der Waals surface area (Å²) in [5.74, 6) is -1.07. The largest absolute Gasteiger partial charge is 0.546 e. The standard InChI is InChI=1S/C17H13BrO4/c18-14-3-1-2-12(10-14)4-9-16(19)13-5-7-15(8-6-13)22-11-17(20)21/h1-10H,11H2,(H,20,21)/p-1/b9-4+. The Balaban J connectivity index is 2.02. The van der Waals surface area contributed by atoms with Gasteiger partial charge in [0, 0.05) is 10.0 Å². The predicted octanol–water partition coefficient (Wildman–Crippen LogP) is 2.47. The maximum atomic E-state index is 12.0. The van der Waals surface area contributed by atoms with Crippen LogP contribution in [0.2, 0.25) is 0 Å². The number of carbonyl (C=O) groups is 2. The highest BCUT2D eigenvalue weighted by Gasteiger charge is 2.02. The molecule has 0 aliphatic carbocycles. The second-order valence-corrected chi connectivity index (χ2v) is 5.35. The summed E-state index contributed by atoms with van der Waals surface area (Å²) in [5.41, 5.74) is 1.41. The summed E-state index contributed by atoms with van der Waals surface area (Å²) in [5, 5.41) is 10.3. The second kappa shape index (κ2) is 7.56. The number of halogens is 1. The van der Waals surface area contributed by atoms with Crippen molar-refractivity contribution in [1.82, 2.24) is 0 Å². The van der Waals surface area contributed by atoms with Crippen molar-refractivity contribution in [2.24, 2.45) is 0 Å². The molecule has 4 nitrogen and oxygen atoms in total. The fourth-order valence-electron chi connectivity index (χ4n) is 1.74. The number of benzene rings is 2. The van der Waals surface area contributed by atoms with E-state index in [-0.39, 0.29) is 5.78 Å². The number of allylic oxidation sites excluding steroid dienone is 1. The second-order valence-electron chi connectivity index (χ2n) is 4.44. The number of ketones is 1. The number of ether oxygens (including phenoxy) is 1. The van der Waals surface area contributed by atoms with Gasteiger partial charge in [0.2, 0.25) is 0 Å². The van der Waals surface area contributed by atoms with Crippen LogP contribution >= 0.6 is 15.9 Å². The zero-order valence-corrected chi connectivity index (χ0v) is 13.1. The number of carboxylic acid groups (broad SMARTS) is 1. The van der Waals surface area contributed by atoms with Gasteiger partial charge in [-0.3, -0.25) is 4.79 Å². The van der Waals surface area contributed by atoms with Crippen LogP contribution in [0.1, 0.15) is 15.9 Å². The van der Waals surface area contributed by atoms with Crippen LogP contribution in [0.25, 0.3) is 6.08 Å². The van der Waals surface area contributed by atoms with Gasteiger partial charge >= 0.3 is 0 Å². The average Bonchev–Trinajstić information content (AvgIpc) is 2.51. The SMILES string of the molecule is O=C([O-])COc1ccc(C(=O)/C=C/c2cccc(Br)c2)cc1. The molecule has 2 aromatic carbocycles. The van der Waals surface area contributed by atoms with E-state index in [4.69, 9.17) is 4.74 Å². The van der Waals surface area contributed by atoms with Gasteiger partial charge in [-0.1, -0.05) is 34.1 Å². The molecule has 0 aromatic heterocycles. The number of aliphatic carboxylic acids is 1. The van der Waals surface area contributed by atoms with Gasteiger partial charge in [0.1, 0.15) is 12.4 Å². The Morgan fingerprint density at radius 2 is 1.86 bits per heavy atom. The fourth-order valence-corrected chi connectivity index (χ4v) is 2.15. The van der Waals surface area contributed by atoms with Crippen LogP contribution in [-0.2, 0) is 4.79 Å². The Morgan fingerprint density at radius 3 is 2.50 bits per heavy atom. The molecular weight excluding hydrogens is 348 g/mol. The van der Waals surface area contributed by atoms with E-state index < -0.39 is 12.6 Å². The Kier molecular flexibility index (Phi) is 5.49. The van der Waals surface area contributed by atoms with Crippen LogP contribution < -0.4 is 9.84 Å². The van der Waals surface area contributed by atoms with Gasteiger partial charge in [-0.15, -0.1) is 0 Å². The lowest BCUT2D eigenvalue weighted by Gasteiger charge is -2.06. The lowest BCUT2D eigenvalue weighted by Crippen LogP contribution is -2.28. The van der Waals surface area contributed by atoms with Crippen molar-refractivity contribution in [3.63, 3.8) is 0 Å². The van der Waals surface area contributed by atoms with Crippen molar-refractivity contribution >= 4 is 33.8 Å². The minimum absolute atomic E-state index is 0.147. The van der Waals surface area contributed by atoms with Crippen LogP contribution in [0.15, 0.2) is 59.1 Å². The molecule has 0 unspecified atom stereocenters. The van der Waals surface area contributed by atoms with Gasteiger partial charge in [0.05, 0.1) is 5.97 Å². The quantitative estimate of drug-likeness (QED) is 0.586. The highest BCUT2D eigenvalue weighted by Crippen LogP contribution is 2.15. The van der Waals surface area contributed by atoms with E-state index >= 15 is 0 Å². The normalized spacial score (nSPS) is 10.6. The summed E-state index contributed by atoms with van der Waals surface area (Å²) in [6.07, 6.45) is 3.21. The Labute approximate surface area is 136 Å². The summed E-state index contributed by atoms with van der Waals surface area (Å²) in [6.45, 7) is -0.518. The monoisotopic (exact) mass is 359 g/mol. The third-order valence-corrected chi connectivity index (χ3v) is 3.26. The molecule has 5 heteroatoms. The van der Waals surface area contributed by atoms with Gasteiger partial charge in [-0.05, 0) is 48.0 Å². The van der Waals surface area contributed by atoms with Crippen molar-refractivity contribution in [2.75, 3.05) is 6.61 Å². The van der Waals surface area contributed by atoms with E-state index in [1.807, 2.05) is 24.3 Å². The smallest absolute Gasteiger partial charge is 0.185 e. The molecule has 0 saturated carbocycles. The van der Waals surface area contributed by atoms with Crippen LogP contribution in [0.4, 0.5) is 0 Å². The molecule has 112 valence electrons. The summed E-state index contributed by atoms with van der Waals surface area (Å²) >= 11 is 3.37. The van der Waals surface area contributed by atoms with E-state index in [1.54, 1.807) is 30.3 Å². The molecule has 22 heavy (non-hydrogen) atoms. The summed E-state index contributed by atoms with van der Waals surface area (Å²) in [4.78, 5) is 22.3. The van der Waals surface area contributed by atoms with Gasteiger partial charge in [0.25, 0.3) is 0 Å². The third kappa shape index (κ3) is 4.86. The van der Waals surface area contributed by atoms with Crippen molar-refractivity contribution in [1.29, 1.82) is 0 Å². The number of hydrogen-bond acceptors (Lipinski definition) is 4. The molecule has 0 N–H and O–H groups in total. The first-order chi connectivity index (χ1) is 10.5. The zero-order valence-electron chi connectivity index (χ0n) is 11.5. The summed E-state index contributed by atoms with van der Waals surface area (Å²) in [6, 6.07) is 13.8. The van der Waals surface area contributed by atoms with E-state index in [1.165, 1.54) is 6.08 Å². The predicted molar refractivity (Wildman–Crippen MR) is 84.5 cm³/mol. The van der Waals surface area contributed by atoms with Gasteiger partial charge < -0.3 is 14.6 Å². The van der Waals surface area contributed by atoms with E-state index in [0.717, 1.165) is 10.0 Å². The minimum Gasteiger partial charge on any atom is -0.546 e. The first-order valence-corrected chi connectivity index (χ1v) is 7.24. The van der Waals surface area contributed by atoms with Crippen molar-refractivity contribution in [3.8, 4) is 5.75 Å². The molecule has 0 spiro atoms. The molecule has 0 amide bonds. The number of hydrogen-bond donors (Lipinski definition) is 0. The summed E-state index contributed by atoms with van der Waals surface area (Å²) in [7, 11) is 0. The zero-order chi connectivity index (χ0) is 15.9. The summed E-state index contributed by atoms with van der Waals surface area (Å²) < 4.78 is 5.89. The number of carboxylic acids is 1. The Morgan fingerprint density at radius 1 is 1.14 bits per heavy atom. The maximum absolute atomic E-state index is 12.0.